The number of rotatable bonds is 1. The van der Waals surface area contributed by atoms with Gasteiger partial charge in [-0.3, -0.25) is 4.79 Å². The van der Waals surface area contributed by atoms with Crippen molar-refractivity contribution >= 4 is 23.0 Å². The number of hydrogen-bond donors (Lipinski definition) is 0. The van der Waals surface area contributed by atoms with Crippen molar-refractivity contribution in [1.82, 2.24) is 4.90 Å². The lowest BCUT2D eigenvalue weighted by molar-refractivity contribution is -0.109. The van der Waals surface area contributed by atoms with Gasteiger partial charge in [0.25, 0.3) is 0 Å². The zero-order chi connectivity index (χ0) is 6.73. The quantitative estimate of drug-likeness (QED) is 0.475. The van der Waals surface area contributed by atoms with Crippen molar-refractivity contribution in [2.75, 3.05) is 14.1 Å². The summed E-state index contributed by atoms with van der Waals surface area (Å²) in [5, 5.41) is 0. The summed E-state index contributed by atoms with van der Waals surface area (Å²) in [6.45, 7) is 3.14. The number of thiocarbonyl (C=S) groups is 1. The summed E-state index contributed by atoms with van der Waals surface area (Å²) < 4.78 is 0. The Hall–Kier alpha value is -0.440. The average Bonchev–Trinajstić information content (AvgIpc) is 1.64. The molecule has 0 aromatic heterocycles. The predicted molar refractivity (Wildman–Crippen MR) is 36.6 cm³/mol. The van der Waals surface area contributed by atoms with E-state index in [1.54, 1.807) is 19.0 Å². The van der Waals surface area contributed by atoms with Crippen molar-refractivity contribution in [2.24, 2.45) is 0 Å². The van der Waals surface area contributed by atoms with E-state index < -0.39 is 0 Å². The van der Waals surface area contributed by atoms with Gasteiger partial charge in [0.15, 0.2) is 5.78 Å². The van der Waals surface area contributed by atoms with Crippen LogP contribution in [-0.4, -0.2) is 29.8 Å². The van der Waals surface area contributed by atoms with Crippen LogP contribution in [0.5, 0.6) is 0 Å². The zero-order valence-electron chi connectivity index (χ0n) is 4.97. The first-order valence-electron chi connectivity index (χ1n) is 2.13. The van der Waals surface area contributed by atoms with E-state index in [0.717, 1.165) is 0 Å². The molecule has 0 spiro atoms. The molecule has 0 saturated heterocycles. The van der Waals surface area contributed by atoms with E-state index in [4.69, 9.17) is 0 Å². The Morgan fingerprint density at radius 3 is 2.00 bits per heavy atom. The molecule has 45 valence electrons. The highest BCUT2D eigenvalue weighted by Crippen LogP contribution is 1.82. The van der Waals surface area contributed by atoms with Gasteiger partial charge in [0.2, 0.25) is 0 Å². The molecular formula is C5H8NOS. The van der Waals surface area contributed by atoms with E-state index in [1.165, 1.54) is 0 Å². The number of hydrogen-bond acceptors (Lipinski definition) is 2. The van der Waals surface area contributed by atoms with E-state index in [9.17, 15) is 4.79 Å². The van der Waals surface area contributed by atoms with E-state index in [2.05, 4.69) is 19.1 Å². The van der Waals surface area contributed by atoms with Gasteiger partial charge < -0.3 is 4.90 Å². The van der Waals surface area contributed by atoms with Gasteiger partial charge in [-0.05, 0) is 0 Å². The number of Topliss-reactive ketones (excluding diaryl/α,β-unsaturated/α-hetero) is 1. The summed E-state index contributed by atoms with van der Waals surface area (Å²) in [6, 6.07) is 0. The maximum absolute atomic E-state index is 10.3. The Kier molecular flexibility index (Phi) is 2.62. The second kappa shape index (κ2) is 2.77. The Bertz CT molecular complexity index is 120. The largest absolute Gasteiger partial charge is 0.366 e. The zero-order valence-corrected chi connectivity index (χ0v) is 5.79. The fourth-order valence-electron chi connectivity index (χ4n) is 0.249. The summed E-state index contributed by atoms with van der Waals surface area (Å²) >= 11 is 4.62. The SMILES string of the molecule is [CH2]C(=O)C(=S)N(C)C. The van der Waals surface area contributed by atoms with Gasteiger partial charge in [0.1, 0.15) is 4.99 Å². The van der Waals surface area contributed by atoms with Gasteiger partial charge >= 0.3 is 0 Å². The third-order valence-electron chi connectivity index (χ3n) is 0.645. The molecule has 0 heterocycles. The highest BCUT2D eigenvalue weighted by molar-refractivity contribution is 7.82. The molecule has 0 amide bonds. The molecule has 0 aliphatic carbocycles. The van der Waals surface area contributed by atoms with Crippen molar-refractivity contribution in [2.45, 2.75) is 0 Å². The monoisotopic (exact) mass is 130 g/mol. The highest BCUT2D eigenvalue weighted by Gasteiger charge is 2.02. The molecule has 0 unspecified atom stereocenters. The Morgan fingerprint density at radius 1 is 1.62 bits per heavy atom. The first kappa shape index (κ1) is 7.56. The van der Waals surface area contributed by atoms with Crippen molar-refractivity contribution in [1.29, 1.82) is 0 Å². The maximum atomic E-state index is 10.3. The van der Waals surface area contributed by atoms with Crippen molar-refractivity contribution in [3.05, 3.63) is 6.92 Å². The summed E-state index contributed by atoms with van der Waals surface area (Å²) in [5.41, 5.74) is 0. The van der Waals surface area contributed by atoms with Gasteiger partial charge in [-0.2, -0.15) is 0 Å². The highest BCUT2D eigenvalue weighted by atomic mass is 32.1. The lowest BCUT2D eigenvalue weighted by Gasteiger charge is -2.08. The summed E-state index contributed by atoms with van der Waals surface area (Å²) in [4.78, 5) is 12.1. The number of carbonyl (C=O) groups excluding carboxylic acids is 1. The van der Waals surface area contributed by atoms with Gasteiger partial charge in [0.05, 0.1) is 0 Å². The maximum Gasteiger partial charge on any atom is 0.190 e. The molecule has 2 nitrogen and oxygen atoms in total. The van der Waals surface area contributed by atoms with Crippen LogP contribution in [0.25, 0.3) is 0 Å². The molecule has 0 rings (SSSR count). The topological polar surface area (TPSA) is 20.3 Å². The van der Waals surface area contributed by atoms with Gasteiger partial charge in [0, 0.05) is 21.0 Å². The van der Waals surface area contributed by atoms with Crippen LogP contribution in [0.4, 0.5) is 0 Å². The fourth-order valence-corrected chi connectivity index (χ4v) is 0.249. The summed E-state index contributed by atoms with van der Waals surface area (Å²) in [6.07, 6.45) is 0. The molecule has 0 aliphatic rings. The molecule has 0 saturated carbocycles. The number of likely N-dealkylation sites (N-methyl/N-ethyl adjacent to an activating group) is 1. The third-order valence-corrected chi connectivity index (χ3v) is 1.24. The van der Waals surface area contributed by atoms with Crippen molar-refractivity contribution in [3.8, 4) is 0 Å². The van der Waals surface area contributed by atoms with Gasteiger partial charge in [-0.1, -0.05) is 12.2 Å². The third kappa shape index (κ3) is 2.02. The van der Waals surface area contributed by atoms with E-state index in [-0.39, 0.29) is 10.8 Å². The first-order chi connectivity index (χ1) is 3.55. The van der Waals surface area contributed by atoms with Crippen LogP contribution in [0.15, 0.2) is 0 Å². The Labute approximate surface area is 54.5 Å². The lowest BCUT2D eigenvalue weighted by Crippen LogP contribution is -2.25. The van der Waals surface area contributed by atoms with Crippen LogP contribution in [-0.2, 0) is 4.79 Å². The van der Waals surface area contributed by atoms with Crippen LogP contribution < -0.4 is 0 Å². The molecule has 0 aromatic carbocycles. The van der Waals surface area contributed by atoms with Crippen LogP contribution in [0.3, 0.4) is 0 Å². The van der Waals surface area contributed by atoms with Crippen molar-refractivity contribution < 1.29 is 4.79 Å². The first-order valence-corrected chi connectivity index (χ1v) is 2.54. The molecule has 0 N–H and O–H groups in total. The second-order valence-corrected chi connectivity index (χ2v) is 2.01. The van der Waals surface area contributed by atoms with Crippen molar-refractivity contribution in [3.63, 3.8) is 0 Å². The fraction of sp³-hybridized carbons (Fsp3) is 0.400. The molecule has 0 fully saturated rings. The molecule has 0 aliphatic heterocycles. The standard InChI is InChI=1S/C5H8NOS/c1-4(7)5(8)6(2)3/h1H2,2-3H3. The van der Waals surface area contributed by atoms with Crippen LogP contribution in [0, 0.1) is 6.92 Å². The molecule has 0 aromatic rings. The van der Waals surface area contributed by atoms with Crippen LogP contribution >= 0.6 is 12.2 Å². The normalized spacial score (nSPS) is 8.38. The van der Waals surface area contributed by atoms with Gasteiger partial charge in [-0.25, -0.2) is 0 Å². The predicted octanol–water partition coefficient (Wildman–Crippen LogP) is 0.279. The number of nitrogens with zero attached hydrogens (tertiary/aromatic N) is 1. The Morgan fingerprint density at radius 2 is 2.00 bits per heavy atom. The lowest BCUT2D eigenvalue weighted by atomic mass is 10.4. The molecule has 3 heteroatoms. The molecule has 1 radical (unpaired) electrons. The molecule has 0 bridgehead atoms. The van der Waals surface area contributed by atoms with E-state index in [1.807, 2.05) is 0 Å². The van der Waals surface area contributed by atoms with Gasteiger partial charge in [-0.15, -0.1) is 0 Å². The van der Waals surface area contributed by atoms with Crippen LogP contribution in [0.2, 0.25) is 0 Å². The number of ketones is 1. The van der Waals surface area contributed by atoms with E-state index >= 15 is 0 Å². The molecular weight excluding hydrogens is 122 g/mol. The minimum atomic E-state index is -0.301. The second-order valence-electron chi connectivity index (χ2n) is 1.62. The summed E-state index contributed by atoms with van der Waals surface area (Å²) in [7, 11) is 3.43. The Balaban J connectivity index is 3.84. The van der Waals surface area contributed by atoms with Crippen LogP contribution in [0.1, 0.15) is 0 Å². The smallest absolute Gasteiger partial charge is 0.190 e. The minimum Gasteiger partial charge on any atom is -0.366 e. The van der Waals surface area contributed by atoms with E-state index in [0.29, 0.717) is 0 Å². The molecule has 0 atom stereocenters. The summed E-state index contributed by atoms with van der Waals surface area (Å²) in [5.74, 6) is -0.301. The number of carbonyl (C=O) groups is 1. The minimum absolute atomic E-state index is 0.269. The molecule has 8 heavy (non-hydrogen) atoms. The average molecular weight is 130 g/mol.